The van der Waals surface area contributed by atoms with Crippen LogP contribution in [0.3, 0.4) is 0 Å². The number of benzene rings is 2. The fraction of sp³-hybridized carbons (Fsp3) is 0.125. The van der Waals surface area contributed by atoms with Crippen LogP contribution in [-0.2, 0) is 4.79 Å². The van der Waals surface area contributed by atoms with E-state index >= 15 is 0 Å². The smallest absolute Gasteiger partial charge is 0.198 e. The topological polar surface area (TPSA) is 34.1 Å². The maximum atomic E-state index is 12.6. The molecule has 1 aliphatic heterocycles. The van der Waals surface area contributed by atoms with Crippen LogP contribution in [0, 0.1) is 0 Å². The molecule has 1 fully saturated rings. The molecule has 4 heteroatoms. The first kappa shape index (κ1) is 13.5. The van der Waals surface area contributed by atoms with Crippen LogP contribution in [0.2, 0.25) is 0 Å². The molecule has 0 aromatic heterocycles. The van der Waals surface area contributed by atoms with Gasteiger partial charge in [-0.1, -0.05) is 36.4 Å². The SMILES string of the molecule is CC(=O)C(C(=O)c1ccc2ccccc2c1)=C1SCS1. The Hall–Kier alpha value is -1.52. The minimum atomic E-state index is -0.169. The van der Waals surface area contributed by atoms with Gasteiger partial charge in [-0.2, -0.15) is 0 Å². The number of carbonyl (C=O) groups excluding carboxylic acids is 2. The van der Waals surface area contributed by atoms with Gasteiger partial charge in [-0.05, 0) is 23.8 Å². The fourth-order valence-corrected chi connectivity index (χ4v) is 3.84. The first-order valence-corrected chi connectivity index (χ1v) is 8.18. The predicted octanol–water partition coefficient (Wildman–Crippen LogP) is 4.26. The summed E-state index contributed by atoms with van der Waals surface area (Å²) >= 11 is 3.14. The Kier molecular flexibility index (Phi) is 3.68. The van der Waals surface area contributed by atoms with Crippen molar-refractivity contribution in [2.75, 3.05) is 5.08 Å². The van der Waals surface area contributed by atoms with Crippen LogP contribution >= 0.6 is 23.5 Å². The molecule has 0 atom stereocenters. The molecule has 20 heavy (non-hydrogen) atoms. The molecule has 1 heterocycles. The molecule has 0 spiro atoms. The summed E-state index contributed by atoms with van der Waals surface area (Å²) in [7, 11) is 0. The summed E-state index contributed by atoms with van der Waals surface area (Å²) in [6.07, 6.45) is 0. The van der Waals surface area contributed by atoms with Crippen molar-refractivity contribution in [2.24, 2.45) is 0 Å². The van der Waals surface area contributed by atoms with Gasteiger partial charge in [-0.15, -0.1) is 23.5 Å². The molecule has 0 aliphatic carbocycles. The molecule has 3 rings (SSSR count). The molecule has 0 unspecified atom stereocenters. The van der Waals surface area contributed by atoms with Gasteiger partial charge in [0.25, 0.3) is 0 Å². The minimum Gasteiger partial charge on any atom is -0.294 e. The van der Waals surface area contributed by atoms with Crippen LogP contribution in [0.4, 0.5) is 0 Å². The first-order chi connectivity index (χ1) is 9.66. The van der Waals surface area contributed by atoms with Crippen molar-refractivity contribution >= 4 is 45.9 Å². The lowest BCUT2D eigenvalue weighted by molar-refractivity contribution is -0.113. The minimum absolute atomic E-state index is 0.155. The molecule has 2 nitrogen and oxygen atoms in total. The average Bonchev–Trinajstić information content (AvgIpc) is 2.41. The lowest BCUT2D eigenvalue weighted by Crippen LogP contribution is -2.14. The number of Topliss-reactive ketones (excluding diaryl/α,β-unsaturated/α-hetero) is 2. The van der Waals surface area contributed by atoms with E-state index in [1.54, 1.807) is 29.6 Å². The summed E-state index contributed by atoms with van der Waals surface area (Å²) in [5.41, 5.74) is 0.913. The Balaban J connectivity index is 2.05. The Morgan fingerprint density at radius 1 is 1.00 bits per heavy atom. The zero-order valence-electron chi connectivity index (χ0n) is 10.9. The lowest BCUT2D eigenvalue weighted by Gasteiger charge is -2.18. The van der Waals surface area contributed by atoms with Gasteiger partial charge in [0.15, 0.2) is 11.6 Å². The third-order valence-corrected chi connectivity index (χ3v) is 5.76. The van der Waals surface area contributed by atoms with Gasteiger partial charge in [0.1, 0.15) is 0 Å². The predicted molar refractivity (Wildman–Crippen MR) is 86.0 cm³/mol. The Labute approximate surface area is 125 Å². The van der Waals surface area contributed by atoms with Gasteiger partial charge >= 0.3 is 0 Å². The van der Waals surface area contributed by atoms with Gasteiger partial charge in [0.2, 0.25) is 0 Å². The number of hydrogen-bond donors (Lipinski definition) is 0. The zero-order chi connectivity index (χ0) is 14.1. The first-order valence-electron chi connectivity index (χ1n) is 6.21. The van der Waals surface area contributed by atoms with E-state index in [1.807, 2.05) is 36.4 Å². The van der Waals surface area contributed by atoms with E-state index in [9.17, 15) is 9.59 Å². The molecule has 0 N–H and O–H groups in total. The lowest BCUT2D eigenvalue weighted by atomic mass is 9.99. The molecule has 1 aliphatic rings. The Morgan fingerprint density at radius 3 is 2.30 bits per heavy atom. The fourth-order valence-electron chi connectivity index (χ4n) is 2.13. The van der Waals surface area contributed by atoms with Crippen LogP contribution in [0.15, 0.2) is 52.3 Å². The molecule has 0 radical (unpaired) electrons. The number of fused-ring (bicyclic) bond motifs is 1. The zero-order valence-corrected chi connectivity index (χ0v) is 12.5. The van der Waals surface area contributed by atoms with Crippen molar-refractivity contribution in [2.45, 2.75) is 6.92 Å². The number of ketones is 2. The van der Waals surface area contributed by atoms with Crippen LogP contribution in [0.25, 0.3) is 10.8 Å². The third-order valence-electron chi connectivity index (χ3n) is 3.17. The number of allylic oxidation sites excluding steroid dienone is 1. The van der Waals surface area contributed by atoms with Crippen LogP contribution in [0.1, 0.15) is 17.3 Å². The standard InChI is InChI=1S/C16H12O2S2/c1-10(17)14(16-19-9-20-16)15(18)13-7-6-11-4-2-3-5-12(11)8-13/h2-8H,9H2,1H3. The molecule has 100 valence electrons. The summed E-state index contributed by atoms with van der Waals surface area (Å²) < 4.78 is 0.857. The van der Waals surface area contributed by atoms with Crippen molar-refractivity contribution in [3.8, 4) is 0 Å². The van der Waals surface area contributed by atoms with E-state index in [0.29, 0.717) is 11.1 Å². The quantitative estimate of drug-likeness (QED) is 0.367. The van der Waals surface area contributed by atoms with E-state index < -0.39 is 0 Å². The van der Waals surface area contributed by atoms with Crippen LogP contribution in [0.5, 0.6) is 0 Å². The largest absolute Gasteiger partial charge is 0.294 e. The number of thioether (sulfide) groups is 2. The molecule has 2 aromatic rings. The second-order valence-corrected chi connectivity index (χ2v) is 7.11. The van der Waals surface area contributed by atoms with Gasteiger partial charge in [0, 0.05) is 10.6 Å². The molecule has 1 saturated heterocycles. The van der Waals surface area contributed by atoms with E-state index in [-0.39, 0.29) is 11.6 Å². The maximum absolute atomic E-state index is 12.6. The maximum Gasteiger partial charge on any atom is 0.198 e. The van der Waals surface area contributed by atoms with Crippen molar-refractivity contribution in [1.29, 1.82) is 0 Å². The summed E-state index contributed by atoms with van der Waals surface area (Å²) in [6, 6.07) is 13.5. The van der Waals surface area contributed by atoms with Crippen molar-refractivity contribution < 1.29 is 9.59 Å². The van der Waals surface area contributed by atoms with E-state index in [1.165, 1.54) is 6.92 Å². The van der Waals surface area contributed by atoms with Gasteiger partial charge in [-0.3, -0.25) is 9.59 Å². The average molecular weight is 300 g/mol. The van der Waals surface area contributed by atoms with Gasteiger partial charge in [0.05, 0.1) is 9.81 Å². The van der Waals surface area contributed by atoms with Crippen LogP contribution < -0.4 is 0 Å². The number of hydrogen-bond acceptors (Lipinski definition) is 4. The van der Waals surface area contributed by atoms with E-state index in [4.69, 9.17) is 0 Å². The molecule has 0 bridgehead atoms. The summed E-state index contributed by atoms with van der Waals surface area (Å²) in [4.78, 5) is 24.3. The highest BCUT2D eigenvalue weighted by Crippen LogP contribution is 2.46. The molecule has 0 amide bonds. The second kappa shape index (κ2) is 5.46. The van der Waals surface area contributed by atoms with Crippen molar-refractivity contribution in [3.63, 3.8) is 0 Å². The Morgan fingerprint density at radius 2 is 1.70 bits per heavy atom. The van der Waals surface area contributed by atoms with Gasteiger partial charge in [-0.25, -0.2) is 0 Å². The number of carbonyl (C=O) groups is 2. The summed E-state index contributed by atoms with van der Waals surface area (Å²) in [5, 5.41) is 3.02. The summed E-state index contributed by atoms with van der Waals surface area (Å²) in [6.45, 7) is 1.46. The molecular weight excluding hydrogens is 288 g/mol. The number of rotatable bonds is 3. The van der Waals surface area contributed by atoms with Gasteiger partial charge < -0.3 is 0 Å². The highest BCUT2D eigenvalue weighted by atomic mass is 32.3. The second-order valence-electron chi connectivity index (χ2n) is 4.52. The summed E-state index contributed by atoms with van der Waals surface area (Å²) in [5.74, 6) is -0.323. The molecule has 2 aromatic carbocycles. The third kappa shape index (κ3) is 2.41. The van der Waals surface area contributed by atoms with Crippen LogP contribution in [-0.4, -0.2) is 16.7 Å². The normalized spacial score (nSPS) is 13.9. The Bertz CT molecular complexity index is 741. The van der Waals surface area contributed by atoms with Crippen molar-refractivity contribution in [3.05, 3.63) is 57.8 Å². The molecular formula is C16H12O2S2. The van der Waals surface area contributed by atoms with E-state index in [2.05, 4.69) is 0 Å². The van der Waals surface area contributed by atoms with E-state index in [0.717, 1.165) is 20.1 Å². The monoisotopic (exact) mass is 300 g/mol. The van der Waals surface area contributed by atoms with Crippen molar-refractivity contribution in [1.82, 2.24) is 0 Å². The highest BCUT2D eigenvalue weighted by molar-refractivity contribution is 8.37. The highest BCUT2D eigenvalue weighted by Gasteiger charge is 2.26. The molecule has 0 saturated carbocycles.